The van der Waals surface area contributed by atoms with Gasteiger partial charge in [0.1, 0.15) is 0 Å². The Kier molecular flexibility index (Phi) is 4.89. The third kappa shape index (κ3) is 3.69. The molecule has 0 unspecified atom stereocenters. The molecule has 1 aromatic heterocycles. The first-order chi connectivity index (χ1) is 11.3. The van der Waals surface area contributed by atoms with Crippen LogP contribution in [0.1, 0.15) is 30.5 Å². The largest absolute Gasteiger partial charge is 0.370 e. The first-order valence-corrected chi connectivity index (χ1v) is 8.17. The van der Waals surface area contributed by atoms with Crippen molar-refractivity contribution in [3.8, 4) is 6.07 Å². The summed E-state index contributed by atoms with van der Waals surface area (Å²) in [6, 6.07) is 14.6. The van der Waals surface area contributed by atoms with Crippen LogP contribution in [0.25, 0.3) is 0 Å². The van der Waals surface area contributed by atoms with Crippen LogP contribution >= 0.6 is 0 Å². The van der Waals surface area contributed by atoms with Gasteiger partial charge in [-0.3, -0.25) is 9.88 Å². The molecule has 0 aliphatic carbocycles. The van der Waals surface area contributed by atoms with E-state index >= 15 is 0 Å². The van der Waals surface area contributed by atoms with Crippen molar-refractivity contribution >= 4 is 5.69 Å². The summed E-state index contributed by atoms with van der Waals surface area (Å²) in [5, 5.41) is 8.91. The van der Waals surface area contributed by atoms with Crippen molar-refractivity contribution in [2.75, 3.05) is 31.1 Å². The second-order valence-electron chi connectivity index (χ2n) is 6.00. The number of aromatic nitrogens is 1. The van der Waals surface area contributed by atoms with Crippen LogP contribution in [0.4, 0.5) is 5.69 Å². The van der Waals surface area contributed by atoms with Crippen LogP contribution in [-0.4, -0.2) is 36.1 Å². The van der Waals surface area contributed by atoms with E-state index in [2.05, 4.69) is 46.0 Å². The number of hydrogen-bond donors (Lipinski definition) is 0. The maximum atomic E-state index is 8.91. The van der Waals surface area contributed by atoms with Gasteiger partial charge in [0.05, 0.1) is 11.6 Å². The average molecular weight is 306 g/mol. The van der Waals surface area contributed by atoms with Crippen molar-refractivity contribution in [1.82, 2.24) is 9.88 Å². The van der Waals surface area contributed by atoms with Gasteiger partial charge in [-0.15, -0.1) is 0 Å². The van der Waals surface area contributed by atoms with Gasteiger partial charge < -0.3 is 4.90 Å². The number of nitrogens with zero attached hydrogens (tertiary/aromatic N) is 4. The van der Waals surface area contributed by atoms with Crippen molar-refractivity contribution in [2.24, 2.45) is 0 Å². The van der Waals surface area contributed by atoms with E-state index in [1.54, 1.807) is 0 Å². The molecular weight excluding hydrogens is 284 g/mol. The Labute approximate surface area is 138 Å². The molecule has 0 amide bonds. The van der Waals surface area contributed by atoms with E-state index in [0.717, 1.165) is 38.2 Å². The van der Waals surface area contributed by atoms with E-state index in [1.165, 1.54) is 11.3 Å². The van der Waals surface area contributed by atoms with Crippen LogP contribution in [-0.2, 0) is 0 Å². The highest BCUT2D eigenvalue weighted by atomic mass is 15.2. The van der Waals surface area contributed by atoms with Crippen molar-refractivity contribution in [3.63, 3.8) is 0 Å². The van der Waals surface area contributed by atoms with Crippen LogP contribution in [0.2, 0.25) is 0 Å². The lowest BCUT2D eigenvalue weighted by molar-refractivity contribution is 0.226. The van der Waals surface area contributed by atoms with Crippen LogP contribution in [0.15, 0.2) is 48.8 Å². The fourth-order valence-corrected chi connectivity index (χ4v) is 3.16. The van der Waals surface area contributed by atoms with E-state index < -0.39 is 0 Å². The van der Waals surface area contributed by atoms with Crippen molar-refractivity contribution in [3.05, 3.63) is 59.9 Å². The molecule has 0 saturated carbocycles. The number of rotatable bonds is 3. The maximum Gasteiger partial charge on any atom is 0.0991 e. The number of anilines is 1. The quantitative estimate of drug-likeness (QED) is 0.873. The molecule has 3 rings (SSSR count). The van der Waals surface area contributed by atoms with Gasteiger partial charge in [-0.2, -0.15) is 5.26 Å². The molecule has 0 radical (unpaired) electrons. The monoisotopic (exact) mass is 306 g/mol. The third-order valence-corrected chi connectivity index (χ3v) is 4.61. The SMILES string of the molecule is C[C@H](c1cccnc1)N1CCCN(c2ccc(C#N)cc2)CC1. The summed E-state index contributed by atoms with van der Waals surface area (Å²) >= 11 is 0. The molecule has 4 nitrogen and oxygen atoms in total. The van der Waals surface area contributed by atoms with Crippen molar-refractivity contribution < 1.29 is 0 Å². The molecule has 0 spiro atoms. The Bertz CT molecular complexity index is 660. The Balaban J connectivity index is 1.66. The van der Waals surface area contributed by atoms with Crippen LogP contribution in [0, 0.1) is 11.3 Å². The molecule has 2 aromatic rings. The summed E-state index contributed by atoms with van der Waals surface area (Å²) < 4.78 is 0. The third-order valence-electron chi connectivity index (χ3n) is 4.61. The Hall–Kier alpha value is -2.38. The molecule has 118 valence electrons. The number of pyridine rings is 1. The standard InChI is InChI=1S/C19H22N4/c1-16(18-4-2-9-21-15-18)22-10-3-11-23(13-12-22)19-7-5-17(14-20)6-8-19/h2,4-9,15-16H,3,10-13H2,1H3/t16-/m1/s1. The Morgan fingerprint density at radius 2 is 1.91 bits per heavy atom. The molecule has 2 heterocycles. The number of benzene rings is 1. The second kappa shape index (κ2) is 7.26. The van der Waals surface area contributed by atoms with Crippen molar-refractivity contribution in [2.45, 2.75) is 19.4 Å². The minimum absolute atomic E-state index is 0.393. The zero-order valence-electron chi connectivity index (χ0n) is 13.5. The van der Waals surface area contributed by atoms with Gasteiger partial charge in [0.15, 0.2) is 0 Å². The van der Waals surface area contributed by atoms with Gasteiger partial charge in [0.2, 0.25) is 0 Å². The average Bonchev–Trinajstić information content (AvgIpc) is 2.88. The summed E-state index contributed by atoms with van der Waals surface area (Å²) in [5.74, 6) is 0. The predicted octanol–water partition coefficient (Wildman–Crippen LogP) is 3.23. The minimum Gasteiger partial charge on any atom is -0.370 e. The normalized spacial score (nSPS) is 17.3. The lowest BCUT2D eigenvalue weighted by Gasteiger charge is -2.28. The van der Waals surface area contributed by atoms with Gasteiger partial charge >= 0.3 is 0 Å². The molecule has 0 bridgehead atoms. The van der Waals surface area contributed by atoms with Gasteiger partial charge in [-0.05, 0) is 49.2 Å². The van der Waals surface area contributed by atoms with Crippen molar-refractivity contribution in [1.29, 1.82) is 5.26 Å². The highest BCUT2D eigenvalue weighted by molar-refractivity contribution is 5.49. The van der Waals surface area contributed by atoms with Gasteiger partial charge in [-0.1, -0.05) is 6.07 Å². The molecule has 1 aromatic carbocycles. The first-order valence-electron chi connectivity index (χ1n) is 8.17. The highest BCUT2D eigenvalue weighted by Gasteiger charge is 2.20. The fourth-order valence-electron chi connectivity index (χ4n) is 3.16. The summed E-state index contributed by atoms with van der Waals surface area (Å²) in [7, 11) is 0. The van der Waals surface area contributed by atoms with E-state index in [9.17, 15) is 0 Å². The molecule has 23 heavy (non-hydrogen) atoms. The van der Waals surface area contributed by atoms with E-state index in [0.29, 0.717) is 6.04 Å². The van der Waals surface area contributed by atoms with E-state index in [1.807, 2.05) is 30.6 Å². The second-order valence-corrected chi connectivity index (χ2v) is 6.00. The predicted molar refractivity (Wildman–Crippen MR) is 92.2 cm³/mol. The van der Waals surface area contributed by atoms with E-state index in [-0.39, 0.29) is 0 Å². The first kappa shape index (κ1) is 15.5. The molecule has 1 aliphatic rings. The summed E-state index contributed by atoms with van der Waals surface area (Å²) in [5.41, 5.74) is 3.20. The molecule has 1 saturated heterocycles. The topological polar surface area (TPSA) is 43.2 Å². The number of hydrogen-bond acceptors (Lipinski definition) is 4. The molecule has 4 heteroatoms. The Morgan fingerprint density at radius 1 is 1.09 bits per heavy atom. The lowest BCUT2D eigenvalue weighted by atomic mass is 10.1. The maximum absolute atomic E-state index is 8.91. The zero-order chi connectivity index (χ0) is 16.1. The van der Waals surface area contributed by atoms with Crippen LogP contribution < -0.4 is 4.90 Å². The minimum atomic E-state index is 0.393. The molecule has 1 atom stereocenters. The van der Waals surface area contributed by atoms with Crippen LogP contribution in [0.3, 0.4) is 0 Å². The van der Waals surface area contributed by atoms with Gasteiger partial charge in [0.25, 0.3) is 0 Å². The fraction of sp³-hybridized carbons (Fsp3) is 0.368. The summed E-state index contributed by atoms with van der Waals surface area (Å²) in [6.07, 6.45) is 4.93. The molecule has 0 N–H and O–H groups in total. The number of nitriles is 1. The zero-order valence-corrected chi connectivity index (χ0v) is 13.5. The molecule has 1 aliphatic heterocycles. The lowest BCUT2D eigenvalue weighted by Crippen LogP contribution is -2.32. The van der Waals surface area contributed by atoms with E-state index in [4.69, 9.17) is 5.26 Å². The van der Waals surface area contributed by atoms with Gasteiger partial charge in [-0.25, -0.2) is 0 Å². The van der Waals surface area contributed by atoms with Gasteiger partial charge in [0, 0.05) is 50.3 Å². The summed E-state index contributed by atoms with van der Waals surface area (Å²) in [4.78, 5) is 9.18. The Morgan fingerprint density at radius 3 is 2.61 bits per heavy atom. The van der Waals surface area contributed by atoms with Crippen LogP contribution in [0.5, 0.6) is 0 Å². The summed E-state index contributed by atoms with van der Waals surface area (Å²) in [6.45, 7) is 6.46. The molecular formula is C19H22N4. The smallest absolute Gasteiger partial charge is 0.0991 e. The highest BCUT2D eigenvalue weighted by Crippen LogP contribution is 2.23. The molecule has 1 fully saturated rings.